The highest BCUT2D eigenvalue weighted by molar-refractivity contribution is 7.17. The van der Waals surface area contributed by atoms with Crippen molar-refractivity contribution < 1.29 is 4.39 Å². The molecule has 0 aliphatic heterocycles. The van der Waals surface area contributed by atoms with Gasteiger partial charge in [0.15, 0.2) is 0 Å². The summed E-state index contributed by atoms with van der Waals surface area (Å²) >= 11 is 1.56. The SMILES string of the molecule is Fc1ccc(-c2csc3ncnc(NCc4ccc(Cn5ccnc5)cc4)c23)cc1. The van der Waals surface area contributed by atoms with Gasteiger partial charge in [-0.05, 0) is 28.8 Å². The summed E-state index contributed by atoms with van der Waals surface area (Å²) in [5.41, 5.74) is 4.34. The van der Waals surface area contributed by atoms with Crippen LogP contribution in [-0.4, -0.2) is 19.5 Å². The fraction of sp³-hybridized carbons (Fsp3) is 0.0870. The van der Waals surface area contributed by atoms with Crippen LogP contribution in [0, 0.1) is 5.82 Å². The molecule has 5 aromatic rings. The summed E-state index contributed by atoms with van der Waals surface area (Å²) in [5, 5.41) is 6.45. The zero-order chi connectivity index (χ0) is 20.3. The van der Waals surface area contributed by atoms with E-state index in [2.05, 4.69) is 44.5 Å². The van der Waals surface area contributed by atoms with Crippen molar-refractivity contribution in [2.75, 3.05) is 5.32 Å². The van der Waals surface area contributed by atoms with E-state index in [-0.39, 0.29) is 5.82 Å². The lowest BCUT2D eigenvalue weighted by Gasteiger charge is -2.09. The minimum atomic E-state index is -0.246. The fourth-order valence-corrected chi connectivity index (χ4v) is 4.31. The van der Waals surface area contributed by atoms with Crippen molar-refractivity contribution in [2.24, 2.45) is 0 Å². The van der Waals surface area contributed by atoms with Crippen molar-refractivity contribution in [3.8, 4) is 11.1 Å². The van der Waals surface area contributed by atoms with Crippen LogP contribution in [0.1, 0.15) is 11.1 Å². The smallest absolute Gasteiger partial charge is 0.139 e. The minimum Gasteiger partial charge on any atom is -0.365 e. The van der Waals surface area contributed by atoms with Crippen LogP contribution in [-0.2, 0) is 13.1 Å². The van der Waals surface area contributed by atoms with Crippen LogP contribution < -0.4 is 5.32 Å². The van der Waals surface area contributed by atoms with Gasteiger partial charge in [-0.2, -0.15) is 0 Å². The number of hydrogen-bond acceptors (Lipinski definition) is 5. The number of rotatable bonds is 6. The molecule has 3 aromatic heterocycles. The quantitative estimate of drug-likeness (QED) is 0.406. The monoisotopic (exact) mass is 415 g/mol. The number of anilines is 1. The minimum absolute atomic E-state index is 0.246. The largest absolute Gasteiger partial charge is 0.365 e. The van der Waals surface area contributed by atoms with E-state index in [1.807, 2.05) is 22.5 Å². The van der Waals surface area contributed by atoms with E-state index in [0.717, 1.165) is 39.3 Å². The van der Waals surface area contributed by atoms with Crippen LogP contribution in [0.15, 0.2) is 79.0 Å². The van der Waals surface area contributed by atoms with Gasteiger partial charge in [0.2, 0.25) is 0 Å². The average molecular weight is 415 g/mol. The molecule has 1 N–H and O–H groups in total. The topological polar surface area (TPSA) is 55.6 Å². The Labute approximate surface area is 176 Å². The third-order valence-electron chi connectivity index (χ3n) is 4.93. The van der Waals surface area contributed by atoms with E-state index >= 15 is 0 Å². The van der Waals surface area contributed by atoms with Gasteiger partial charge in [0.1, 0.15) is 22.8 Å². The Morgan fingerprint density at radius 1 is 0.967 bits per heavy atom. The molecule has 0 fully saturated rings. The van der Waals surface area contributed by atoms with E-state index in [1.54, 1.807) is 36.0 Å². The Morgan fingerprint density at radius 2 is 1.77 bits per heavy atom. The van der Waals surface area contributed by atoms with E-state index in [9.17, 15) is 4.39 Å². The molecule has 7 heteroatoms. The number of aromatic nitrogens is 4. The number of imidazole rings is 1. The van der Waals surface area contributed by atoms with Crippen LogP contribution in [0.25, 0.3) is 21.3 Å². The maximum absolute atomic E-state index is 13.3. The molecule has 0 amide bonds. The van der Waals surface area contributed by atoms with Crippen molar-refractivity contribution in [3.63, 3.8) is 0 Å². The summed E-state index contributed by atoms with van der Waals surface area (Å²) in [7, 11) is 0. The number of nitrogens with zero attached hydrogens (tertiary/aromatic N) is 4. The maximum Gasteiger partial charge on any atom is 0.139 e. The summed E-state index contributed by atoms with van der Waals surface area (Å²) in [4.78, 5) is 13.8. The van der Waals surface area contributed by atoms with Crippen molar-refractivity contribution in [3.05, 3.63) is 95.9 Å². The highest BCUT2D eigenvalue weighted by atomic mass is 32.1. The predicted molar refractivity (Wildman–Crippen MR) is 118 cm³/mol. The lowest BCUT2D eigenvalue weighted by molar-refractivity contribution is 0.628. The lowest BCUT2D eigenvalue weighted by atomic mass is 10.1. The molecular formula is C23H18FN5S. The van der Waals surface area contributed by atoms with Gasteiger partial charge in [-0.15, -0.1) is 11.3 Å². The predicted octanol–water partition coefficient (Wildman–Crippen LogP) is 5.35. The Hall–Kier alpha value is -3.58. The highest BCUT2D eigenvalue weighted by Crippen LogP contribution is 2.36. The van der Waals surface area contributed by atoms with Gasteiger partial charge in [0.05, 0.1) is 11.7 Å². The van der Waals surface area contributed by atoms with Gasteiger partial charge in [-0.1, -0.05) is 36.4 Å². The van der Waals surface area contributed by atoms with Gasteiger partial charge < -0.3 is 9.88 Å². The molecule has 0 aliphatic rings. The zero-order valence-corrected chi connectivity index (χ0v) is 16.8. The Morgan fingerprint density at radius 3 is 2.53 bits per heavy atom. The molecule has 3 heterocycles. The number of thiophene rings is 1. The van der Waals surface area contributed by atoms with Gasteiger partial charge in [0, 0.05) is 36.4 Å². The van der Waals surface area contributed by atoms with E-state index < -0.39 is 0 Å². The molecule has 30 heavy (non-hydrogen) atoms. The maximum atomic E-state index is 13.3. The van der Waals surface area contributed by atoms with Crippen LogP contribution in [0.5, 0.6) is 0 Å². The summed E-state index contributed by atoms with van der Waals surface area (Å²) in [6.45, 7) is 1.45. The van der Waals surface area contributed by atoms with Gasteiger partial charge in [-0.25, -0.2) is 19.3 Å². The molecule has 0 unspecified atom stereocenters. The lowest BCUT2D eigenvalue weighted by Crippen LogP contribution is -2.03. The number of hydrogen-bond donors (Lipinski definition) is 1. The molecule has 5 rings (SSSR count). The Balaban J connectivity index is 1.36. The summed E-state index contributed by atoms with van der Waals surface area (Å²) in [6.07, 6.45) is 7.12. The molecule has 0 aliphatic carbocycles. The molecule has 148 valence electrons. The van der Waals surface area contributed by atoms with Crippen LogP contribution in [0.4, 0.5) is 10.2 Å². The van der Waals surface area contributed by atoms with Gasteiger partial charge in [0.25, 0.3) is 0 Å². The van der Waals surface area contributed by atoms with Gasteiger partial charge >= 0.3 is 0 Å². The van der Waals surface area contributed by atoms with E-state index in [4.69, 9.17) is 0 Å². The molecule has 5 nitrogen and oxygen atoms in total. The summed E-state index contributed by atoms with van der Waals surface area (Å²) < 4.78 is 15.4. The third kappa shape index (κ3) is 3.79. The summed E-state index contributed by atoms with van der Waals surface area (Å²) in [6, 6.07) is 15.0. The fourth-order valence-electron chi connectivity index (χ4n) is 3.39. The molecule has 0 spiro atoms. The number of fused-ring (bicyclic) bond motifs is 1. The summed E-state index contributed by atoms with van der Waals surface area (Å²) in [5.74, 6) is 0.535. The molecule has 0 bridgehead atoms. The molecule has 0 saturated heterocycles. The number of halogens is 1. The first-order chi connectivity index (χ1) is 14.8. The van der Waals surface area contributed by atoms with Crippen molar-refractivity contribution in [1.82, 2.24) is 19.5 Å². The van der Waals surface area contributed by atoms with Crippen molar-refractivity contribution >= 4 is 27.4 Å². The van der Waals surface area contributed by atoms with Crippen LogP contribution in [0.3, 0.4) is 0 Å². The van der Waals surface area contributed by atoms with E-state index in [0.29, 0.717) is 6.54 Å². The van der Waals surface area contributed by atoms with Crippen LogP contribution in [0.2, 0.25) is 0 Å². The van der Waals surface area contributed by atoms with Crippen molar-refractivity contribution in [2.45, 2.75) is 13.1 Å². The zero-order valence-electron chi connectivity index (χ0n) is 16.0. The Bertz CT molecular complexity index is 1260. The first-order valence-electron chi connectivity index (χ1n) is 9.52. The second-order valence-corrected chi connectivity index (χ2v) is 7.82. The molecule has 0 atom stereocenters. The average Bonchev–Trinajstić information content (AvgIpc) is 3.44. The molecule has 2 aromatic carbocycles. The van der Waals surface area contributed by atoms with Crippen LogP contribution >= 0.6 is 11.3 Å². The number of nitrogens with one attached hydrogen (secondary N) is 1. The first kappa shape index (κ1) is 18.4. The molecular weight excluding hydrogens is 397 g/mol. The standard InChI is InChI=1S/C23H18FN5S/c24-19-7-5-18(6-8-19)20-13-30-23-21(20)22(27-14-28-23)26-11-16-1-3-17(4-2-16)12-29-10-9-25-15-29/h1-10,13-15H,11-12H2,(H,26,27,28). The second kappa shape index (κ2) is 8.04. The first-order valence-corrected chi connectivity index (χ1v) is 10.4. The van der Waals surface area contributed by atoms with Crippen molar-refractivity contribution in [1.29, 1.82) is 0 Å². The Kier molecular flexibility index (Phi) is 4.94. The number of benzene rings is 2. The second-order valence-electron chi connectivity index (χ2n) is 6.96. The normalized spacial score (nSPS) is 11.1. The van der Waals surface area contributed by atoms with E-state index in [1.165, 1.54) is 17.7 Å². The molecule has 0 radical (unpaired) electrons. The third-order valence-corrected chi connectivity index (χ3v) is 5.82. The van der Waals surface area contributed by atoms with Gasteiger partial charge in [-0.3, -0.25) is 0 Å². The molecule has 0 saturated carbocycles. The highest BCUT2D eigenvalue weighted by Gasteiger charge is 2.13.